The lowest BCUT2D eigenvalue weighted by Crippen LogP contribution is -2.02. The summed E-state index contributed by atoms with van der Waals surface area (Å²) >= 11 is 9.28. The van der Waals surface area contributed by atoms with Crippen molar-refractivity contribution in [2.24, 2.45) is 0 Å². The predicted octanol–water partition coefficient (Wildman–Crippen LogP) is 5.23. The smallest absolute Gasteiger partial charge is 0.139 e. The second kappa shape index (κ2) is 5.78. The summed E-state index contributed by atoms with van der Waals surface area (Å²) in [6.45, 7) is 2.11. The van der Waals surface area contributed by atoms with Crippen molar-refractivity contribution in [2.45, 2.75) is 19.2 Å². The number of benzene rings is 2. The number of alkyl halides is 1. The Morgan fingerprint density at radius 1 is 1.29 bits per heavy atom. The largest absolute Gasteiger partial charge is 0.295 e. The third-order valence-electron chi connectivity index (χ3n) is 3.50. The van der Waals surface area contributed by atoms with E-state index in [-0.39, 0.29) is 11.7 Å². The first-order chi connectivity index (χ1) is 10.2. The highest BCUT2D eigenvalue weighted by Crippen LogP contribution is 2.29. The van der Waals surface area contributed by atoms with Crippen molar-refractivity contribution >= 4 is 38.6 Å². The topological polar surface area (TPSA) is 17.8 Å². The number of aromatic nitrogens is 2. The van der Waals surface area contributed by atoms with E-state index in [2.05, 4.69) is 33.9 Å². The molecule has 108 valence electrons. The first-order valence-electron chi connectivity index (χ1n) is 6.66. The molecule has 2 nitrogen and oxygen atoms in total. The Bertz CT molecular complexity index is 813. The zero-order valence-corrected chi connectivity index (χ0v) is 13.7. The van der Waals surface area contributed by atoms with Gasteiger partial charge in [0.15, 0.2) is 0 Å². The Morgan fingerprint density at radius 2 is 2.05 bits per heavy atom. The molecule has 0 amide bonds. The molecule has 0 atom stereocenters. The molecule has 0 fully saturated rings. The molecule has 0 radical (unpaired) electrons. The molecule has 5 heteroatoms. The van der Waals surface area contributed by atoms with Crippen LogP contribution in [0.5, 0.6) is 0 Å². The summed E-state index contributed by atoms with van der Waals surface area (Å²) in [6, 6.07) is 11.3. The molecule has 0 aliphatic carbocycles. The maximum Gasteiger partial charge on any atom is 0.139 e. The van der Waals surface area contributed by atoms with E-state index in [1.165, 1.54) is 11.6 Å². The van der Waals surface area contributed by atoms with E-state index >= 15 is 0 Å². The average Bonchev–Trinajstić information content (AvgIpc) is 2.85. The molecule has 0 aliphatic heterocycles. The molecule has 2 aromatic carbocycles. The fourth-order valence-corrected chi connectivity index (χ4v) is 3.02. The number of rotatable bonds is 3. The van der Waals surface area contributed by atoms with Crippen LogP contribution < -0.4 is 0 Å². The highest BCUT2D eigenvalue weighted by atomic mass is 79.9. The highest BCUT2D eigenvalue weighted by Gasteiger charge is 2.15. The van der Waals surface area contributed by atoms with Crippen LogP contribution in [-0.2, 0) is 12.3 Å². The fourth-order valence-electron chi connectivity index (χ4n) is 2.51. The second-order valence-corrected chi connectivity index (χ2v) is 5.86. The molecule has 0 aliphatic rings. The summed E-state index contributed by atoms with van der Waals surface area (Å²) < 4.78 is 16.1. The van der Waals surface area contributed by atoms with Crippen molar-refractivity contribution in [2.75, 3.05) is 0 Å². The number of imidazole rings is 1. The van der Waals surface area contributed by atoms with Gasteiger partial charge in [-0.05, 0) is 40.0 Å². The maximum atomic E-state index is 13.7. The van der Waals surface area contributed by atoms with Crippen molar-refractivity contribution in [3.63, 3.8) is 0 Å². The number of nitrogens with zero attached hydrogens (tertiary/aromatic N) is 2. The zero-order valence-electron chi connectivity index (χ0n) is 11.4. The van der Waals surface area contributed by atoms with E-state index in [0.717, 1.165) is 17.6 Å². The average molecular weight is 368 g/mol. The van der Waals surface area contributed by atoms with Crippen molar-refractivity contribution < 1.29 is 4.39 Å². The van der Waals surface area contributed by atoms with Gasteiger partial charge in [-0.2, -0.15) is 0 Å². The standard InChI is InChI=1S/C16H13BrClFN2/c1-2-10-5-3-4-6-14(10)21-15-7-11(17)12(19)8-13(15)20-16(21)9-18/h3-8H,2,9H2,1H3. The van der Waals surface area contributed by atoms with Crippen LogP contribution in [0.3, 0.4) is 0 Å². The number of aryl methyl sites for hydroxylation is 1. The predicted molar refractivity (Wildman–Crippen MR) is 87.7 cm³/mol. The summed E-state index contributed by atoms with van der Waals surface area (Å²) in [5, 5.41) is 0. The van der Waals surface area contributed by atoms with E-state index < -0.39 is 0 Å². The van der Waals surface area contributed by atoms with E-state index in [4.69, 9.17) is 11.6 Å². The lowest BCUT2D eigenvalue weighted by Gasteiger charge is -2.12. The van der Waals surface area contributed by atoms with Gasteiger partial charge in [-0.15, -0.1) is 11.6 Å². The SMILES string of the molecule is CCc1ccccc1-n1c(CCl)nc2cc(F)c(Br)cc21. The van der Waals surface area contributed by atoms with Crippen LogP contribution in [0.1, 0.15) is 18.3 Å². The molecule has 0 saturated heterocycles. The lowest BCUT2D eigenvalue weighted by atomic mass is 10.1. The molecule has 0 unspecified atom stereocenters. The van der Waals surface area contributed by atoms with Crippen molar-refractivity contribution in [3.8, 4) is 5.69 Å². The van der Waals surface area contributed by atoms with Gasteiger partial charge in [-0.3, -0.25) is 4.57 Å². The van der Waals surface area contributed by atoms with E-state index in [1.807, 2.05) is 22.8 Å². The minimum absolute atomic E-state index is 0.270. The lowest BCUT2D eigenvalue weighted by molar-refractivity contribution is 0.623. The molecule has 0 N–H and O–H groups in total. The summed E-state index contributed by atoms with van der Waals surface area (Å²) in [6.07, 6.45) is 0.903. The monoisotopic (exact) mass is 366 g/mol. The van der Waals surface area contributed by atoms with Gasteiger partial charge >= 0.3 is 0 Å². The number of para-hydroxylation sites is 1. The minimum Gasteiger partial charge on any atom is -0.295 e. The highest BCUT2D eigenvalue weighted by molar-refractivity contribution is 9.10. The molecule has 1 heterocycles. The van der Waals surface area contributed by atoms with Crippen molar-refractivity contribution in [3.05, 3.63) is 58.1 Å². The zero-order chi connectivity index (χ0) is 15.0. The number of fused-ring (bicyclic) bond motifs is 1. The van der Waals surface area contributed by atoms with Crippen LogP contribution in [0.25, 0.3) is 16.7 Å². The third-order valence-corrected chi connectivity index (χ3v) is 4.35. The van der Waals surface area contributed by atoms with Crippen LogP contribution >= 0.6 is 27.5 Å². The van der Waals surface area contributed by atoms with Gasteiger partial charge in [-0.1, -0.05) is 25.1 Å². The Kier molecular flexibility index (Phi) is 4.00. The van der Waals surface area contributed by atoms with Gasteiger partial charge in [0.05, 0.1) is 27.1 Å². The van der Waals surface area contributed by atoms with Crippen LogP contribution in [0, 0.1) is 5.82 Å². The molecule has 3 rings (SSSR count). The Morgan fingerprint density at radius 3 is 2.76 bits per heavy atom. The number of hydrogen-bond acceptors (Lipinski definition) is 1. The van der Waals surface area contributed by atoms with Crippen LogP contribution in [0.4, 0.5) is 4.39 Å². The first kappa shape index (κ1) is 14.5. The second-order valence-electron chi connectivity index (χ2n) is 4.73. The minimum atomic E-state index is -0.322. The molecule has 1 aromatic heterocycles. The first-order valence-corrected chi connectivity index (χ1v) is 7.99. The van der Waals surface area contributed by atoms with Gasteiger partial charge in [0.2, 0.25) is 0 Å². The van der Waals surface area contributed by atoms with E-state index in [9.17, 15) is 4.39 Å². The summed E-state index contributed by atoms with van der Waals surface area (Å²) in [5.74, 6) is 0.661. The summed E-state index contributed by atoms with van der Waals surface area (Å²) in [7, 11) is 0. The van der Waals surface area contributed by atoms with Gasteiger partial charge in [-0.25, -0.2) is 9.37 Å². The summed E-state index contributed by atoms with van der Waals surface area (Å²) in [5.41, 5.74) is 3.69. The number of halogens is 3. The van der Waals surface area contributed by atoms with Crippen molar-refractivity contribution in [1.82, 2.24) is 9.55 Å². The van der Waals surface area contributed by atoms with E-state index in [1.54, 1.807) is 6.07 Å². The molecule has 0 spiro atoms. The Balaban J connectivity index is 2.37. The van der Waals surface area contributed by atoms with Gasteiger partial charge < -0.3 is 0 Å². The quantitative estimate of drug-likeness (QED) is 0.580. The van der Waals surface area contributed by atoms with Crippen molar-refractivity contribution in [1.29, 1.82) is 0 Å². The van der Waals surface area contributed by atoms with Crippen LogP contribution in [0.15, 0.2) is 40.9 Å². The van der Waals surface area contributed by atoms with Gasteiger partial charge in [0.1, 0.15) is 11.6 Å². The molecule has 3 aromatic rings. The Labute approximate surface area is 135 Å². The maximum absolute atomic E-state index is 13.7. The molecular weight excluding hydrogens is 355 g/mol. The van der Waals surface area contributed by atoms with E-state index in [0.29, 0.717) is 15.8 Å². The van der Waals surface area contributed by atoms with Gasteiger partial charge in [0.25, 0.3) is 0 Å². The number of hydrogen-bond donors (Lipinski definition) is 0. The molecule has 21 heavy (non-hydrogen) atoms. The normalized spacial score (nSPS) is 11.2. The van der Waals surface area contributed by atoms with Gasteiger partial charge in [0, 0.05) is 6.07 Å². The molecule has 0 bridgehead atoms. The Hall–Kier alpha value is -1.39. The summed E-state index contributed by atoms with van der Waals surface area (Å²) in [4.78, 5) is 4.46. The molecule has 0 saturated carbocycles. The van der Waals surface area contributed by atoms with Crippen LogP contribution in [0.2, 0.25) is 0 Å². The van der Waals surface area contributed by atoms with Crippen LogP contribution in [-0.4, -0.2) is 9.55 Å². The molecular formula is C16H13BrClFN2. The fraction of sp³-hybridized carbons (Fsp3) is 0.188. The third kappa shape index (κ3) is 2.47.